The van der Waals surface area contributed by atoms with Gasteiger partial charge >= 0.3 is 12.0 Å². The second kappa shape index (κ2) is 7.39. The molecule has 3 N–H and O–H groups in total. The number of isocyanates is 1. The van der Waals surface area contributed by atoms with E-state index in [0.29, 0.717) is 37.3 Å². The Morgan fingerprint density at radius 2 is 2.14 bits per heavy atom. The van der Waals surface area contributed by atoms with Crippen molar-refractivity contribution in [3.05, 3.63) is 17.0 Å². The van der Waals surface area contributed by atoms with Crippen molar-refractivity contribution in [2.75, 3.05) is 13.1 Å². The second-order valence-electron chi connectivity index (χ2n) is 9.10. The van der Waals surface area contributed by atoms with Crippen molar-refractivity contribution in [2.24, 2.45) is 15.8 Å². The molecule has 9 nitrogen and oxygen atoms in total. The SMILES string of the molecule is CC1(C)CC(N=C=O)CC(C)(CNC(=O)N2CCc3c(C(=O)O)n[nH]c3C2)C1. The highest BCUT2D eigenvalue weighted by Crippen LogP contribution is 2.46. The van der Waals surface area contributed by atoms with Crippen LogP contribution in [-0.2, 0) is 17.8 Å². The van der Waals surface area contributed by atoms with E-state index in [0.717, 1.165) is 19.3 Å². The summed E-state index contributed by atoms with van der Waals surface area (Å²) in [6, 6.07) is -0.253. The number of aromatic carboxylic acids is 1. The van der Waals surface area contributed by atoms with E-state index < -0.39 is 5.97 Å². The number of hydrogen-bond acceptors (Lipinski definition) is 5. The molecule has 1 aromatic rings. The number of amides is 2. The number of nitrogens with one attached hydrogen (secondary N) is 2. The lowest BCUT2D eigenvalue weighted by molar-refractivity contribution is 0.0688. The number of carboxylic acids is 1. The highest BCUT2D eigenvalue weighted by atomic mass is 16.4. The summed E-state index contributed by atoms with van der Waals surface area (Å²) in [6.07, 6.45) is 4.64. The number of aromatic amines is 1. The second-order valence-corrected chi connectivity index (χ2v) is 9.10. The normalized spacial score (nSPS) is 26.1. The molecule has 28 heavy (non-hydrogen) atoms. The topological polar surface area (TPSA) is 128 Å². The zero-order valence-electron chi connectivity index (χ0n) is 16.5. The Morgan fingerprint density at radius 1 is 1.39 bits per heavy atom. The lowest BCUT2D eigenvalue weighted by Crippen LogP contribution is -2.49. The summed E-state index contributed by atoms with van der Waals surface area (Å²) >= 11 is 0. The van der Waals surface area contributed by atoms with Gasteiger partial charge in [0.1, 0.15) is 0 Å². The number of urea groups is 1. The van der Waals surface area contributed by atoms with Crippen LogP contribution in [-0.4, -0.2) is 57.4 Å². The van der Waals surface area contributed by atoms with Gasteiger partial charge in [-0.3, -0.25) is 5.10 Å². The number of aliphatic imine (C=N–C) groups is 1. The molecule has 0 saturated heterocycles. The van der Waals surface area contributed by atoms with E-state index in [1.54, 1.807) is 11.0 Å². The number of hydrogen-bond donors (Lipinski definition) is 3. The van der Waals surface area contributed by atoms with Gasteiger partial charge in [-0.25, -0.2) is 19.4 Å². The Morgan fingerprint density at radius 3 is 2.82 bits per heavy atom. The van der Waals surface area contributed by atoms with Gasteiger partial charge in [-0.05, 0) is 36.5 Å². The third-order valence-corrected chi connectivity index (χ3v) is 5.75. The molecule has 0 spiro atoms. The lowest BCUT2D eigenvalue weighted by atomic mass is 9.63. The van der Waals surface area contributed by atoms with Crippen molar-refractivity contribution >= 4 is 18.1 Å². The smallest absolute Gasteiger partial charge is 0.356 e. The van der Waals surface area contributed by atoms with Gasteiger partial charge in [0.2, 0.25) is 6.08 Å². The number of carbonyl (C=O) groups is 2. The van der Waals surface area contributed by atoms with E-state index in [4.69, 9.17) is 5.11 Å². The van der Waals surface area contributed by atoms with Crippen LogP contribution in [0.3, 0.4) is 0 Å². The van der Waals surface area contributed by atoms with Gasteiger partial charge in [0.05, 0.1) is 18.3 Å². The molecule has 1 saturated carbocycles. The van der Waals surface area contributed by atoms with Crippen LogP contribution in [0.15, 0.2) is 4.99 Å². The van der Waals surface area contributed by atoms with E-state index >= 15 is 0 Å². The van der Waals surface area contributed by atoms with Crippen molar-refractivity contribution in [1.82, 2.24) is 20.4 Å². The first kappa shape index (κ1) is 20.1. The van der Waals surface area contributed by atoms with Crippen LogP contribution in [0.5, 0.6) is 0 Å². The van der Waals surface area contributed by atoms with Gasteiger partial charge in [0, 0.05) is 18.7 Å². The summed E-state index contributed by atoms with van der Waals surface area (Å²) in [5.41, 5.74) is 1.25. The van der Waals surface area contributed by atoms with Crippen LogP contribution in [0.25, 0.3) is 0 Å². The van der Waals surface area contributed by atoms with Gasteiger partial charge in [-0.1, -0.05) is 20.8 Å². The quantitative estimate of drug-likeness (QED) is 0.537. The first-order chi connectivity index (χ1) is 13.1. The number of carboxylic acid groups (broad SMARTS) is 1. The summed E-state index contributed by atoms with van der Waals surface area (Å²) in [5, 5.41) is 18.7. The number of aromatic nitrogens is 2. The number of carbonyl (C=O) groups excluding carboxylic acids is 2. The molecule has 9 heteroatoms. The molecule has 1 aliphatic carbocycles. The maximum atomic E-state index is 12.7. The van der Waals surface area contributed by atoms with E-state index in [1.807, 2.05) is 0 Å². The highest BCUT2D eigenvalue weighted by Gasteiger charge is 2.41. The van der Waals surface area contributed by atoms with Gasteiger partial charge in [-0.15, -0.1) is 0 Å². The molecule has 2 atom stereocenters. The molecule has 1 aromatic heterocycles. The van der Waals surface area contributed by atoms with E-state index in [1.165, 1.54) is 0 Å². The minimum Gasteiger partial charge on any atom is -0.476 e. The molecule has 3 rings (SSSR count). The number of nitrogens with zero attached hydrogens (tertiary/aromatic N) is 3. The summed E-state index contributed by atoms with van der Waals surface area (Å²) in [4.78, 5) is 40.2. The monoisotopic (exact) mass is 389 g/mol. The fourth-order valence-corrected chi connectivity index (χ4v) is 4.95. The summed E-state index contributed by atoms with van der Waals surface area (Å²) in [6.45, 7) is 7.67. The Labute approximate surface area is 163 Å². The average molecular weight is 389 g/mol. The molecule has 2 amide bonds. The summed E-state index contributed by atoms with van der Waals surface area (Å²) in [5.74, 6) is -1.06. The first-order valence-corrected chi connectivity index (χ1v) is 9.52. The van der Waals surface area contributed by atoms with Gasteiger partial charge in [0.25, 0.3) is 0 Å². The molecule has 152 valence electrons. The standard InChI is InChI=1S/C19H27N5O4/c1-18(2)6-12(21-11-25)7-19(3,9-18)10-20-17(28)24-5-4-13-14(8-24)22-23-15(13)16(26)27/h12H,4-10H2,1-3H3,(H,20,28)(H,22,23)(H,26,27). The van der Waals surface area contributed by atoms with Gasteiger partial charge < -0.3 is 15.3 Å². The van der Waals surface area contributed by atoms with Crippen molar-refractivity contribution in [1.29, 1.82) is 0 Å². The molecular weight excluding hydrogens is 362 g/mol. The van der Waals surface area contributed by atoms with E-state index in [2.05, 4.69) is 41.3 Å². The van der Waals surface area contributed by atoms with Gasteiger partial charge in [-0.2, -0.15) is 5.10 Å². The summed E-state index contributed by atoms with van der Waals surface area (Å²) in [7, 11) is 0. The molecule has 0 radical (unpaired) electrons. The van der Waals surface area contributed by atoms with Gasteiger partial charge in [0.15, 0.2) is 5.69 Å². The molecule has 2 aliphatic rings. The zero-order chi connectivity index (χ0) is 20.5. The van der Waals surface area contributed by atoms with Crippen LogP contribution < -0.4 is 5.32 Å². The predicted octanol–water partition coefficient (Wildman–Crippen LogP) is 2.10. The Balaban J connectivity index is 1.62. The summed E-state index contributed by atoms with van der Waals surface area (Å²) < 4.78 is 0. The van der Waals surface area contributed by atoms with Crippen molar-refractivity contribution in [3.8, 4) is 0 Å². The fraction of sp³-hybridized carbons (Fsp3) is 0.684. The molecular formula is C19H27N5O4. The maximum absolute atomic E-state index is 12.7. The third kappa shape index (κ3) is 4.25. The van der Waals surface area contributed by atoms with E-state index in [9.17, 15) is 14.4 Å². The molecule has 1 aliphatic heterocycles. The molecule has 1 fully saturated rings. The van der Waals surface area contributed by atoms with Crippen LogP contribution in [0.4, 0.5) is 4.79 Å². The predicted molar refractivity (Wildman–Crippen MR) is 101 cm³/mol. The fourth-order valence-electron chi connectivity index (χ4n) is 4.95. The number of fused-ring (bicyclic) bond motifs is 1. The number of H-pyrrole nitrogens is 1. The van der Waals surface area contributed by atoms with Crippen LogP contribution >= 0.6 is 0 Å². The minimum atomic E-state index is -1.06. The van der Waals surface area contributed by atoms with E-state index in [-0.39, 0.29) is 28.6 Å². The maximum Gasteiger partial charge on any atom is 0.356 e. The average Bonchev–Trinajstić information content (AvgIpc) is 3.01. The van der Waals surface area contributed by atoms with Crippen molar-refractivity contribution in [2.45, 2.75) is 59.0 Å². The zero-order valence-corrected chi connectivity index (χ0v) is 16.5. The van der Waals surface area contributed by atoms with Crippen LogP contribution in [0, 0.1) is 10.8 Å². The molecule has 2 heterocycles. The minimum absolute atomic E-state index is 0.0337. The highest BCUT2D eigenvalue weighted by molar-refractivity contribution is 5.87. The lowest BCUT2D eigenvalue weighted by Gasteiger charge is -2.45. The molecule has 0 bridgehead atoms. The van der Waals surface area contributed by atoms with Crippen LogP contribution in [0.2, 0.25) is 0 Å². The largest absolute Gasteiger partial charge is 0.476 e. The van der Waals surface area contributed by atoms with Crippen molar-refractivity contribution < 1.29 is 19.5 Å². The Hall–Kier alpha value is -2.67. The van der Waals surface area contributed by atoms with Crippen molar-refractivity contribution in [3.63, 3.8) is 0 Å². The van der Waals surface area contributed by atoms with Crippen LogP contribution in [0.1, 0.15) is 61.8 Å². The molecule has 0 aromatic carbocycles. The third-order valence-electron chi connectivity index (χ3n) is 5.75. The first-order valence-electron chi connectivity index (χ1n) is 9.52. The number of rotatable bonds is 4. The molecule has 2 unspecified atom stereocenters. The Bertz CT molecular complexity index is 826. The Kier molecular flexibility index (Phi) is 5.30.